The van der Waals surface area contributed by atoms with E-state index < -0.39 is 0 Å². The Balaban J connectivity index is 1.93. The number of nitrogens with one attached hydrogen (secondary N) is 1. The summed E-state index contributed by atoms with van der Waals surface area (Å²) >= 11 is 0. The molecule has 2 atom stereocenters. The summed E-state index contributed by atoms with van der Waals surface area (Å²) in [5.41, 5.74) is 6.91. The van der Waals surface area contributed by atoms with Crippen LogP contribution in [0.5, 0.6) is 0 Å². The Morgan fingerprint density at radius 2 is 1.90 bits per heavy atom. The quantitative estimate of drug-likeness (QED) is 0.887. The molecule has 1 aliphatic carbocycles. The van der Waals surface area contributed by atoms with Crippen LogP contribution in [-0.2, 0) is 10.3 Å². The van der Waals surface area contributed by atoms with Gasteiger partial charge in [0.2, 0.25) is 5.91 Å². The largest absolute Gasteiger partial charge is 0.347 e. The second-order valence-electron chi connectivity index (χ2n) is 6.45. The van der Waals surface area contributed by atoms with Gasteiger partial charge in [0.05, 0.1) is 5.54 Å². The fourth-order valence-electron chi connectivity index (χ4n) is 3.05. The van der Waals surface area contributed by atoms with Crippen LogP contribution in [-0.4, -0.2) is 11.9 Å². The van der Waals surface area contributed by atoms with E-state index in [2.05, 4.69) is 5.32 Å². The Bertz CT molecular complexity index is 442. The highest BCUT2D eigenvalue weighted by atomic mass is 16.1. The number of carbonyl (C=O) groups is 1. The normalized spacial score (nSPS) is 23.4. The zero-order chi connectivity index (χ0) is 14.6. The van der Waals surface area contributed by atoms with Crippen LogP contribution in [0.25, 0.3) is 0 Å². The van der Waals surface area contributed by atoms with E-state index in [1.165, 1.54) is 12.8 Å². The summed E-state index contributed by atoms with van der Waals surface area (Å²) in [6.07, 6.45) is 5.10. The van der Waals surface area contributed by atoms with E-state index in [-0.39, 0.29) is 17.5 Å². The van der Waals surface area contributed by atoms with Crippen molar-refractivity contribution in [2.75, 3.05) is 0 Å². The molecule has 1 aromatic carbocycles. The summed E-state index contributed by atoms with van der Waals surface area (Å²) in [4.78, 5) is 12.3. The van der Waals surface area contributed by atoms with Crippen LogP contribution in [0.3, 0.4) is 0 Å². The van der Waals surface area contributed by atoms with Crippen molar-refractivity contribution in [1.29, 1.82) is 0 Å². The second-order valence-corrected chi connectivity index (χ2v) is 6.45. The fraction of sp³-hybridized carbons (Fsp3) is 0.588. The predicted molar refractivity (Wildman–Crippen MR) is 82.2 cm³/mol. The topological polar surface area (TPSA) is 55.1 Å². The minimum absolute atomic E-state index is 0.112. The molecule has 0 bridgehead atoms. The zero-order valence-corrected chi connectivity index (χ0v) is 12.6. The van der Waals surface area contributed by atoms with Gasteiger partial charge in [-0.05, 0) is 38.2 Å². The van der Waals surface area contributed by atoms with Crippen molar-refractivity contribution in [1.82, 2.24) is 5.32 Å². The highest BCUT2D eigenvalue weighted by Crippen LogP contribution is 2.26. The summed E-state index contributed by atoms with van der Waals surface area (Å²) < 4.78 is 0. The lowest BCUT2D eigenvalue weighted by Gasteiger charge is -2.31. The van der Waals surface area contributed by atoms with E-state index in [0.717, 1.165) is 18.4 Å². The molecule has 0 spiro atoms. The second kappa shape index (κ2) is 6.40. The van der Waals surface area contributed by atoms with Gasteiger partial charge in [-0.1, -0.05) is 43.2 Å². The first-order valence-electron chi connectivity index (χ1n) is 7.61. The third-order valence-electron chi connectivity index (χ3n) is 4.36. The summed E-state index contributed by atoms with van der Waals surface area (Å²) in [6.45, 7) is 4.09. The number of hydrogen-bond acceptors (Lipinski definition) is 2. The van der Waals surface area contributed by atoms with Crippen molar-refractivity contribution in [3.63, 3.8) is 0 Å². The van der Waals surface area contributed by atoms with Gasteiger partial charge in [0.15, 0.2) is 0 Å². The number of amides is 1. The average Bonchev–Trinajstić information content (AvgIpc) is 2.42. The molecule has 110 valence electrons. The van der Waals surface area contributed by atoms with Crippen LogP contribution in [0.2, 0.25) is 0 Å². The van der Waals surface area contributed by atoms with Crippen molar-refractivity contribution in [2.45, 2.75) is 57.5 Å². The minimum atomic E-state index is -0.336. The maximum absolute atomic E-state index is 12.3. The molecule has 1 aliphatic rings. The van der Waals surface area contributed by atoms with Gasteiger partial charge in [-0.2, -0.15) is 0 Å². The Morgan fingerprint density at radius 3 is 2.55 bits per heavy atom. The standard InChI is InChI=1S/C17H26N2O/c1-17(2,14-9-4-3-5-10-14)19-16(20)12-13-8-6-7-11-15(13)18/h3-5,9-10,13,15H,6-8,11-12,18H2,1-2H3,(H,19,20). The van der Waals surface area contributed by atoms with E-state index in [0.29, 0.717) is 12.3 Å². The van der Waals surface area contributed by atoms with Crippen LogP contribution >= 0.6 is 0 Å². The Kier molecular flexibility index (Phi) is 4.81. The molecular weight excluding hydrogens is 248 g/mol. The SMILES string of the molecule is CC(C)(NC(=O)CC1CCCCC1N)c1ccccc1. The first-order valence-corrected chi connectivity index (χ1v) is 7.61. The maximum atomic E-state index is 12.3. The summed E-state index contributed by atoms with van der Waals surface area (Å²) in [7, 11) is 0. The molecule has 1 aromatic rings. The van der Waals surface area contributed by atoms with Crippen LogP contribution in [0.1, 0.15) is 51.5 Å². The molecule has 1 amide bonds. The summed E-state index contributed by atoms with van der Waals surface area (Å²) in [5.74, 6) is 0.455. The molecule has 0 heterocycles. The molecule has 0 aromatic heterocycles. The molecule has 1 fully saturated rings. The van der Waals surface area contributed by atoms with E-state index in [1.54, 1.807) is 0 Å². The van der Waals surface area contributed by atoms with Gasteiger partial charge < -0.3 is 11.1 Å². The number of hydrogen-bond donors (Lipinski definition) is 2. The molecule has 2 rings (SSSR count). The first kappa shape index (κ1) is 15.0. The lowest BCUT2D eigenvalue weighted by atomic mass is 9.82. The van der Waals surface area contributed by atoms with E-state index in [4.69, 9.17) is 5.73 Å². The molecule has 20 heavy (non-hydrogen) atoms. The van der Waals surface area contributed by atoms with Gasteiger partial charge in [0.1, 0.15) is 0 Å². The number of nitrogens with two attached hydrogens (primary N) is 1. The van der Waals surface area contributed by atoms with Crippen LogP contribution in [0.4, 0.5) is 0 Å². The maximum Gasteiger partial charge on any atom is 0.221 e. The van der Waals surface area contributed by atoms with E-state index >= 15 is 0 Å². The third-order valence-corrected chi connectivity index (χ3v) is 4.36. The molecular formula is C17H26N2O. The van der Waals surface area contributed by atoms with Gasteiger partial charge in [-0.25, -0.2) is 0 Å². The molecule has 0 radical (unpaired) electrons. The van der Waals surface area contributed by atoms with Gasteiger partial charge in [0, 0.05) is 12.5 Å². The van der Waals surface area contributed by atoms with E-state index in [9.17, 15) is 4.79 Å². The lowest BCUT2D eigenvalue weighted by Crippen LogP contribution is -2.43. The summed E-state index contributed by atoms with van der Waals surface area (Å²) in [5, 5.41) is 3.15. The zero-order valence-electron chi connectivity index (χ0n) is 12.6. The number of rotatable bonds is 4. The lowest BCUT2D eigenvalue weighted by molar-refractivity contribution is -0.124. The molecule has 0 saturated heterocycles. The highest BCUT2D eigenvalue weighted by molar-refractivity contribution is 5.77. The Morgan fingerprint density at radius 1 is 1.25 bits per heavy atom. The van der Waals surface area contributed by atoms with Crippen molar-refractivity contribution in [3.8, 4) is 0 Å². The van der Waals surface area contributed by atoms with Gasteiger partial charge in [-0.3, -0.25) is 4.79 Å². The van der Waals surface area contributed by atoms with Crippen molar-refractivity contribution in [3.05, 3.63) is 35.9 Å². The minimum Gasteiger partial charge on any atom is -0.347 e. The van der Waals surface area contributed by atoms with Crippen molar-refractivity contribution in [2.24, 2.45) is 11.7 Å². The first-order chi connectivity index (χ1) is 9.49. The van der Waals surface area contributed by atoms with Crippen molar-refractivity contribution < 1.29 is 4.79 Å². The monoisotopic (exact) mass is 274 g/mol. The van der Waals surface area contributed by atoms with Crippen molar-refractivity contribution >= 4 is 5.91 Å². The van der Waals surface area contributed by atoms with Crippen LogP contribution in [0.15, 0.2) is 30.3 Å². The van der Waals surface area contributed by atoms with Gasteiger partial charge >= 0.3 is 0 Å². The van der Waals surface area contributed by atoms with Crippen LogP contribution < -0.4 is 11.1 Å². The van der Waals surface area contributed by atoms with Gasteiger partial charge in [-0.15, -0.1) is 0 Å². The number of carbonyl (C=O) groups excluding carboxylic acids is 1. The average molecular weight is 274 g/mol. The molecule has 2 unspecified atom stereocenters. The molecule has 3 N–H and O–H groups in total. The fourth-order valence-corrected chi connectivity index (χ4v) is 3.05. The molecule has 1 saturated carbocycles. The third kappa shape index (κ3) is 3.83. The van der Waals surface area contributed by atoms with E-state index in [1.807, 2.05) is 44.2 Å². The van der Waals surface area contributed by atoms with Crippen LogP contribution in [0, 0.1) is 5.92 Å². The summed E-state index contributed by atoms with van der Waals surface area (Å²) in [6, 6.07) is 10.3. The smallest absolute Gasteiger partial charge is 0.221 e. The number of benzene rings is 1. The Hall–Kier alpha value is -1.35. The molecule has 0 aliphatic heterocycles. The highest BCUT2D eigenvalue weighted by Gasteiger charge is 2.27. The predicted octanol–water partition coefficient (Wildman–Crippen LogP) is 2.95. The molecule has 3 nitrogen and oxygen atoms in total. The Labute approximate surface area is 121 Å². The van der Waals surface area contributed by atoms with Gasteiger partial charge in [0.25, 0.3) is 0 Å². The molecule has 3 heteroatoms.